The molecule has 14 heavy (non-hydrogen) atoms. The van der Waals surface area contributed by atoms with Gasteiger partial charge in [0.1, 0.15) is 0 Å². The average Bonchev–Trinajstić information content (AvgIpc) is 2.16. The molecule has 1 heterocycles. The summed E-state index contributed by atoms with van der Waals surface area (Å²) in [5, 5.41) is 10.8. The van der Waals surface area contributed by atoms with Gasteiger partial charge in [-0.25, -0.2) is 4.98 Å². The second-order valence-electron chi connectivity index (χ2n) is 2.93. The highest BCUT2D eigenvalue weighted by atomic mass is 16.6. The fourth-order valence-electron chi connectivity index (χ4n) is 1.14. The molecule has 5 nitrogen and oxygen atoms in total. The number of nitrogens with zero attached hydrogens (tertiary/aromatic N) is 3. The maximum Gasteiger partial charge on any atom is 0.318 e. The maximum absolute atomic E-state index is 10.8. The van der Waals surface area contributed by atoms with Gasteiger partial charge >= 0.3 is 5.69 Å². The van der Waals surface area contributed by atoms with Crippen molar-refractivity contribution in [2.24, 2.45) is 0 Å². The van der Waals surface area contributed by atoms with E-state index in [0.717, 1.165) is 0 Å². The average molecular weight is 193 g/mol. The number of rotatable bonds is 3. The van der Waals surface area contributed by atoms with Crippen molar-refractivity contribution in [3.63, 3.8) is 0 Å². The van der Waals surface area contributed by atoms with E-state index < -0.39 is 4.92 Å². The van der Waals surface area contributed by atoms with Crippen molar-refractivity contribution in [1.29, 1.82) is 0 Å². The molecular weight excluding hydrogens is 182 g/mol. The summed E-state index contributed by atoms with van der Waals surface area (Å²) in [5.74, 6) is 0.340. The van der Waals surface area contributed by atoms with Crippen LogP contribution < -0.4 is 4.90 Å². The molecule has 0 aromatic carbocycles. The highest BCUT2D eigenvalue weighted by molar-refractivity contribution is 5.70. The first-order valence-corrected chi connectivity index (χ1v) is 4.01. The van der Waals surface area contributed by atoms with E-state index in [9.17, 15) is 10.1 Å². The molecule has 0 unspecified atom stereocenters. The fraction of sp³-hybridized carbons (Fsp3) is 0.222. The molecule has 0 aliphatic carbocycles. The first-order valence-electron chi connectivity index (χ1n) is 4.01. The molecule has 0 bridgehead atoms. The number of aromatic nitrogens is 1. The summed E-state index contributed by atoms with van der Waals surface area (Å²) in [4.78, 5) is 15.9. The van der Waals surface area contributed by atoms with Gasteiger partial charge in [0.2, 0.25) is 5.82 Å². The van der Waals surface area contributed by atoms with E-state index in [-0.39, 0.29) is 5.69 Å². The summed E-state index contributed by atoms with van der Waals surface area (Å²) in [5.41, 5.74) is 0.473. The van der Waals surface area contributed by atoms with Crippen LogP contribution in [0.3, 0.4) is 0 Å². The summed E-state index contributed by atoms with van der Waals surface area (Å²) in [6.45, 7) is 3.52. The van der Waals surface area contributed by atoms with Gasteiger partial charge < -0.3 is 4.90 Å². The van der Waals surface area contributed by atoms with Crippen molar-refractivity contribution in [2.75, 3.05) is 19.0 Å². The minimum absolute atomic E-state index is 0.00694. The summed E-state index contributed by atoms with van der Waals surface area (Å²) in [7, 11) is 3.42. The molecule has 0 saturated carbocycles. The number of hydrogen-bond donors (Lipinski definition) is 0. The van der Waals surface area contributed by atoms with E-state index >= 15 is 0 Å². The van der Waals surface area contributed by atoms with Gasteiger partial charge in [0.15, 0.2) is 0 Å². The Kier molecular flexibility index (Phi) is 2.81. The highest BCUT2D eigenvalue weighted by Crippen LogP contribution is 2.28. The molecule has 0 spiro atoms. The Morgan fingerprint density at radius 1 is 1.64 bits per heavy atom. The zero-order valence-corrected chi connectivity index (χ0v) is 8.10. The Balaban J connectivity index is 3.43. The molecule has 1 aromatic rings. The van der Waals surface area contributed by atoms with Crippen LogP contribution in [0.1, 0.15) is 5.56 Å². The molecule has 74 valence electrons. The number of nitro groups is 1. The Labute approximate surface area is 81.8 Å². The predicted octanol–water partition coefficient (Wildman–Crippen LogP) is 1.70. The van der Waals surface area contributed by atoms with Crippen LogP contribution in [-0.4, -0.2) is 24.0 Å². The quantitative estimate of drug-likeness (QED) is 0.541. The molecular formula is C9H11N3O2. The van der Waals surface area contributed by atoms with E-state index in [1.54, 1.807) is 25.1 Å². The molecule has 0 N–H and O–H groups in total. The zero-order valence-electron chi connectivity index (χ0n) is 8.10. The lowest BCUT2D eigenvalue weighted by Gasteiger charge is -2.11. The molecule has 0 atom stereocenters. The highest BCUT2D eigenvalue weighted by Gasteiger charge is 2.20. The topological polar surface area (TPSA) is 59.3 Å². The molecule has 5 heteroatoms. The third-order valence-electron chi connectivity index (χ3n) is 1.76. The van der Waals surface area contributed by atoms with Gasteiger partial charge in [-0.3, -0.25) is 10.1 Å². The van der Waals surface area contributed by atoms with Gasteiger partial charge in [-0.1, -0.05) is 12.7 Å². The first kappa shape index (κ1) is 10.2. The van der Waals surface area contributed by atoms with E-state index in [2.05, 4.69) is 11.6 Å². The van der Waals surface area contributed by atoms with Crippen molar-refractivity contribution in [2.45, 2.75) is 0 Å². The summed E-state index contributed by atoms with van der Waals surface area (Å²) >= 11 is 0. The summed E-state index contributed by atoms with van der Waals surface area (Å²) in [6.07, 6.45) is 2.98. The van der Waals surface area contributed by atoms with Crippen LogP contribution in [0.15, 0.2) is 18.8 Å². The molecule has 0 saturated heterocycles. The van der Waals surface area contributed by atoms with Crippen molar-refractivity contribution in [1.82, 2.24) is 4.98 Å². The fourth-order valence-corrected chi connectivity index (χ4v) is 1.14. The van der Waals surface area contributed by atoms with E-state index in [4.69, 9.17) is 0 Å². The molecule has 0 aliphatic heterocycles. The Bertz CT molecular complexity index is 374. The van der Waals surface area contributed by atoms with Crippen molar-refractivity contribution >= 4 is 17.6 Å². The summed E-state index contributed by atoms with van der Waals surface area (Å²) in [6, 6.07) is 1.57. The van der Waals surface area contributed by atoms with Gasteiger partial charge in [0.25, 0.3) is 0 Å². The van der Waals surface area contributed by atoms with Crippen LogP contribution in [0.5, 0.6) is 0 Å². The van der Waals surface area contributed by atoms with Crippen LogP contribution in [0.2, 0.25) is 0 Å². The molecule has 0 fully saturated rings. The lowest BCUT2D eigenvalue weighted by Crippen LogP contribution is -2.13. The standard InChI is InChI=1S/C9H11N3O2/c1-4-7-5-6-10-9(11(2)3)8(7)12(13)14/h4-6H,1H2,2-3H3. The van der Waals surface area contributed by atoms with E-state index in [0.29, 0.717) is 11.4 Å². The SMILES string of the molecule is C=Cc1ccnc(N(C)C)c1[N+](=O)[O-]. The number of pyridine rings is 1. The van der Waals surface area contributed by atoms with Crippen molar-refractivity contribution < 1.29 is 4.92 Å². The molecule has 0 radical (unpaired) electrons. The predicted molar refractivity (Wildman–Crippen MR) is 55.3 cm³/mol. The molecule has 0 aliphatic rings. The van der Waals surface area contributed by atoms with Gasteiger partial charge in [-0.15, -0.1) is 0 Å². The number of hydrogen-bond acceptors (Lipinski definition) is 4. The smallest absolute Gasteiger partial charge is 0.318 e. The minimum atomic E-state index is -0.445. The Morgan fingerprint density at radius 3 is 2.71 bits per heavy atom. The monoisotopic (exact) mass is 193 g/mol. The third-order valence-corrected chi connectivity index (χ3v) is 1.76. The second kappa shape index (κ2) is 3.87. The summed E-state index contributed by atoms with van der Waals surface area (Å²) < 4.78 is 0. The number of anilines is 1. The maximum atomic E-state index is 10.8. The second-order valence-corrected chi connectivity index (χ2v) is 2.93. The Morgan fingerprint density at radius 2 is 2.29 bits per heavy atom. The van der Waals surface area contributed by atoms with Crippen molar-refractivity contribution in [3.8, 4) is 0 Å². The molecule has 0 amide bonds. The minimum Gasteiger partial charge on any atom is -0.357 e. The van der Waals surface area contributed by atoms with Gasteiger partial charge in [0.05, 0.1) is 10.5 Å². The van der Waals surface area contributed by atoms with Crippen LogP contribution >= 0.6 is 0 Å². The van der Waals surface area contributed by atoms with Crippen LogP contribution in [-0.2, 0) is 0 Å². The van der Waals surface area contributed by atoms with Gasteiger partial charge in [-0.2, -0.15) is 0 Å². The molecule has 1 aromatic heterocycles. The van der Waals surface area contributed by atoms with Crippen LogP contribution in [0.4, 0.5) is 11.5 Å². The zero-order chi connectivity index (χ0) is 10.7. The Hall–Kier alpha value is -1.91. The van der Waals surface area contributed by atoms with Gasteiger partial charge in [0, 0.05) is 20.3 Å². The van der Waals surface area contributed by atoms with Crippen molar-refractivity contribution in [3.05, 3.63) is 34.5 Å². The lowest BCUT2D eigenvalue weighted by molar-refractivity contribution is -0.384. The molecule has 1 rings (SSSR count). The van der Waals surface area contributed by atoms with Gasteiger partial charge in [-0.05, 0) is 6.07 Å². The normalized spacial score (nSPS) is 9.57. The van der Waals surface area contributed by atoms with E-state index in [1.165, 1.54) is 12.3 Å². The lowest BCUT2D eigenvalue weighted by atomic mass is 10.2. The van der Waals surface area contributed by atoms with E-state index in [1.807, 2.05) is 0 Å². The largest absolute Gasteiger partial charge is 0.357 e. The first-order chi connectivity index (χ1) is 6.57. The van der Waals surface area contributed by atoms with Crippen LogP contribution in [0.25, 0.3) is 6.08 Å². The van der Waals surface area contributed by atoms with Crippen LogP contribution in [0, 0.1) is 10.1 Å². The third kappa shape index (κ3) is 1.71.